The van der Waals surface area contributed by atoms with Crippen LogP contribution in [0.3, 0.4) is 0 Å². The van der Waals surface area contributed by atoms with Gasteiger partial charge in [-0.3, -0.25) is 0 Å². The molecule has 0 aliphatic carbocycles. The van der Waals surface area contributed by atoms with Gasteiger partial charge < -0.3 is 10.5 Å². The minimum atomic E-state index is -0.422. The maximum atomic E-state index is 13.6. The first-order chi connectivity index (χ1) is 9.08. The Morgan fingerprint density at radius 1 is 1.21 bits per heavy atom. The molecule has 2 N–H and O–H groups in total. The molecule has 0 amide bonds. The van der Waals surface area contributed by atoms with Gasteiger partial charge in [-0.05, 0) is 37.1 Å². The van der Waals surface area contributed by atoms with Crippen LogP contribution in [-0.4, -0.2) is 6.04 Å². The number of hydrogen-bond acceptors (Lipinski definition) is 2. The van der Waals surface area contributed by atoms with Crippen molar-refractivity contribution in [2.24, 2.45) is 5.73 Å². The zero-order chi connectivity index (χ0) is 13.8. The fourth-order valence-electron chi connectivity index (χ4n) is 1.81. The molecule has 1 unspecified atom stereocenters. The van der Waals surface area contributed by atoms with Crippen molar-refractivity contribution in [2.45, 2.75) is 19.4 Å². The Hall–Kier alpha value is -1.58. The fourth-order valence-corrected chi connectivity index (χ4v) is 2.05. The van der Waals surface area contributed by atoms with E-state index < -0.39 is 5.82 Å². The summed E-state index contributed by atoms with van der Waals surface area (Å²) < 4.78 is 19.2. The first kappa shape index (κ1) is 13.8. The lowest BCUT2D eigenvalue weighted by molar-refractivity contribution is 0.436. The molecular weight excluding hydrogens is 265 g/mol. The van der Waals surface area contributed by atoms with Gasteiger partial charge in [0.25, 0.3) is 0 Å². The Kier molecular flexibility index (Phi) is 4.40. The Labute approximate surface area is 117 Å². The van der Waals surface area contributed by atoms with Crippen LogP contribution in [0.5, 0.6) is 11.5 Å². The van der Waals surface area contributed by atoms with E-state index >= 15 is 0 Å². The molecule has 100 valence electrons. The van der Waals surface area contributed by atoms with E-state index in [1.165, 1.54) is 6.07 Å². The van der Waals surface area contributed by atoms with Gasteiger partial charge in [-0.1, -0.05) is 35.9 Å². The first-order valence-electron chi connectivity index (χ1n) is 6.03. The van der Waals surface area contributed by atoms with Crippen LogP contribution in [0.15, 0.2) is 42.5 Å². The number of nitrogens with two attached hydrogens (primary N) is 1. The smallest absolute Gasteiger partial charge is 0.165 e. The molecule has 2 aromatic rings. The second kappa shape index (κ2) is 6.04. The normalized spacial score (nSPS) is 12.2. The Balaban J connectivity index is 2.36. The second-order valence-electron chi connectivity index (χ2n) is 4.44. The van der Waals surface area contributed by atoms with Crippen LogP contribution in [0, 0.1) is 5.82 Å². The van der Waals surface area contributed by atoms with Gasteiger partial charge >= 0.3 is 0 Å². The molecule has 0 fully saturated rings. The molecule has 2 nitrogen and oxygen atoms in total. The lowest BCUT2D eigenvalue weighted by Gasteiger charge is -2.14. The molecule has 1 atom stereocenters. The van der Waals surface area contributed by atoms with Crippen molar-refractivity contribution in [1.82, 2.24) is 0 Å². The lowest BCUT2D eigenvalue weighted by Crippen LogP contribution is -2.18. The summed E-state index contributed by atoms with van der Waals surface area (Å²) in [6.07, 6.45) is 0.615. The predicted octanol–water partition coefficient (Wildman–Crippen LogP) is 4.16. The van der Waals surface area contributed by atoms with Crippen molar-refractivity contribution in [3.8, 4) is 11.5 Å². The molecule has 0 aliphatic heterocycles. The summed E-state index contributed by atoms with van der Waals surface area (Å²) in [4.78, 5) is 0. The SMILES string of the molecule is CC(N)Cc1cccc(Cl)c1Oc1ccccc1F. The molecule has 19 heavy (non-hydrogen) atoms. The Morgan fingerprint density at radius 2 is 1.95 bits per heavy atom. The molecule has 0 saturated carbocycles. The summed E-state index contributed by atoms with van der Waals surface area (Å²) in [6.45, 7) is 1.90. The third kappa shape index (κ3) is 3.46. The standard InChI is InChI=1S/C15H15ClFNO/c1-10(18)9-11-5-4-6-12(16)15(11)19-14-8-3-2-7-13(14)17/h2-8,10H,9,18H2,1H3. The monoisotopic (exact) mass is 279 g/mol. The third-order valence-electron chi connectivity index (χ3n) is 2.64. The number of rotatable bonds is 4. The lowest BCUT2D eigenvalue weighted by atomic mass is 10.1. The molecule has 0 heterocycles. The number of ether oxygens (including phenoxy) is 1. The van der Waals surface area contributed by atoms with E-state index in [4.69, 9.17) is 22.1 Å². The molecule has 0 aromatic heterocycles. The summed E-state index contributed by atoms with van der Waals surface area (Å²) >= 11 is 6.13. The van der Waals surface area contributed by atoms with Crippen LogP contribution >= 0.6 is 11.6 Å². The van der Waals surface area contributed by atoms with E-state index in [1.807, 2.05) is 19.1 Å². The van der Waals surface area contributed by atoms with Gasteiger partial charge in [0.1, 0.15) is 5.75 Å². The topological polar surface area (TPSA) is 35.2 Å². The highest BCUT2D eigenvalue weighted by molar-refractivity contribution is 6.32. The fraction of sp³-hybridized carbons (Fsp3) is 0.200. The van der Waals surface area contributed by atoms with Crippen LogP contribution in [0.25, 0.3) is 0 Å². The highest BCUT2D eigenvalue weighted by Crippen LogP contribution is 2.34. The third-order valence-corrected chi connectivity index (χ3v) is 2.94. The van der Waals surface area contributed by atoms with Crippen LogP contribution < -0.4 is 10.5 Å². The molecule has 4 heteroatoms. The quantitative estimate of drug-likeness (QED) is 0.912. The number of halogens is 2. The van der Waals surface area contributed by atoms with Crippen LogP contribution in [0.1, 0.15) is 12.5 Å². The van der Waals surface area contributed by atoms with Crippen molar-refractivity contribution in [3.05, 3.63) is 58.9 Å². The number of para-hydroxylation sites is 2. The Morgan fingerprint density at radius 3 is 2.63 bits per heavy atom. The molecule has 0 spiro atoms. The maximum Gasteiger partial charge on any atom is 0.165 e. The van der Waals surface area contributed by atoms with Crippen molar-refractivity contribution < 1.29 is 9.13 Å². The highest BCUT2D eigenvalue weighted by Gasteiger charge is 2.13. The van der Waals surface area contributed by atoms with Gasteiger partial charge in [0.05, 0.1) is 5.02 Å². The molecule has 2 rings (SSSR count). The minimum Gasteiger partial charge on any atom is -0.452 e. The molecule has 2 aromatic carbocycles. The van der Waals surface area contributed by atoms with Gasteiger partial charge in [0, 0.05) is 6.04 Å². The van der Waals surface area contributed by atoms with E-state index in [0.29, 0.717) is 17.2 Å². The Bertz CT molecular complexity index is 572. The molecule has 0 aliphatic rings. The van der Waals surface area contributed by atoms with Gasteiger partial charge in [-0.2, -0.15) is 0 Å². The van der Waals surface area contributed by atoms with Crippen LogP contribution in [-0.2, 0) is 6.42 Å². The largest absolute Gasteiger partial charge is 0.452 e. The van der Waals surface area contributed by atoms with E-state index in [0.717, 1.165) is 5.56 Å². The second-order valence-corrected chi connectivity index (χ2v) is 4.85. The highest BCUT2D eigenvalue weighted by atomic mass is 35.5. The van der Waals surface area contributed by atoms with E-state index in [-0.39, 0.29) is 11.8 Å². The van der Waals surface area contributed by atoms with E-state index in [9.17, 15) is 4.39 Å². The van der Waals surface area contributed by atoms with Crippen molar-refractivity contribution in [1.29, 1.82) is 0 Å². The summed E-state index contributed by atoms with van der Waals surface area (Å²) in [6, 6.07) is 11.6. The molecule has 0 bridgehead atoms. The minimum absolute atomic E-state index is 0.0264. The van der Waals surface area contributed by atoms with Gasteiger partial charge in [0.15, 0.2) is 11.6 Å². The van der Waals surface area contributed by atoms with Gasteiger partial charge in [0.2, 0.25) is 0 Å². The van der Waals surface area contributed by atoms with E-state index in [2.05, 4.69) is 0 Å². The first-order valence-corrected chi connectivity index (χ1v) is 6.41. The number of benzene rings is 2. The molecule has 0 radical (unpaired) electrons. The van der Waals surface area contributed by atoms with Crippen molar-refractivity contribution >= 4 is 11.6 Å². The number of hydrogen-bond donors (Lipinski definition) is 1. The summed E-state index contributed by atoms with van der Waals surface area (Å²) in [5.74, 6) is 0.197. The van der Waals surface area contributed by atoms with Crippen LogP contribution in [0.4, 0.5) is 4.39 Å². The average molecular weight is 280 g/mol. The van der Waals surface area contributed by atoms with Crippen molar-refractivity contribution in [3.63, 3.8) is 0 Å². The molecular formula is C15H15ClFNO. The maximum absolute atomic E-state index is 13.6. The predicted molar refractivity (Wildman–Crippen MR) is 75.3 cm³/mol. The van der Waals surface area contributed by atoms with Gasteiger partial charge in [-0.25, -0.2) is 4.39 Å². The summed E-state index contributed by atoms with van der Waals surface area (Å²) in [5.41, 5.74) is 6.66. The molecule has 0 saturated heterocycles. The zero-order valence-corrected chi connectivity index (χ0v) is 11.3. The summed E-state index contributed by atoms with van der Waals surface area (Å²) in [7, 11) is 0. The van der Waals surface area contributed by atoms with E-state index in [1.54, 1.807) is 24.3 Å². The van der Waals surface area contributed by atoms with Crippen LogP contribution in [0.2, 0.25) is 5.02 Å². The van der Waals surface area contributed by atoms with Gasteiger partial charge in [-0.15, -0.1) is 0 Å². The summed E-state index contributed by atoms with van der Waals surface area (Å²) in [5, 5.41) is 0.446. The average Bonchev–Trinajstić information content (AvgIpc) is 2.35. The zero-order valence-electron chi connectivity index (χ0n) is 10.6. The van der Waals surface area contributed by atoms with Crippen molar-refractivity contribution in [2.75, 3.05) is 0 Å².